The second kappa shape index (κ2) is 7.31. The Hall–Kier alpha value is -2.08. The zero-order chi connectivity index (χ0) is 20.0. The molecule has 156 valence electrons. The summed E-state index contributed by atoms with van der Waals surface area (Å²) >= 11 is 0. The number of rotatable bonds is 2. The molecule has 3 saturated heterocycles. The van der Waals surface area contributed by atoms with Gasteiger partial charge in [-0.2, -0.15) is 0 Å². The van der Waals surface area contributed by atoms with Crippen molar-refractivity contribution in [1.82, 2.24) is 19.7 Å². The van der Waals surface area contributed by atoms with Crippen molar-refractivity contribution in [2.45, 2.75) is 38.1 Å². The third kappa shape index (κ3) is 3.12. The van der Waals surface area contributed by atoms with E-state index in [4.69, 9.17) is 0 Å². The van der Waals surface area contributed by atoms with Gasteiger partial charge in [0.25, 0.3) is 5.91 Å². The van der Waals surface area contributed by atoms with Crippen LogP contribution in [0.5, 0.6) is 0 Å². The predicted molar refractivity (Wildman–Crippen MR) is 111 cm³/mol. The molecular formula is C23H32N4O2. The van der Waals surface area contributed by atoms with E-state index in [2.05, 4.69) is 34.0 Å². The monoisotopic (exact) mass is 396 g/mol. The number of nitrogens with zero attached hydrogens (tertiary/aromatic N) is 3. The van der Waals surface area contributed by atoms with Gasteiger partial charge in [-0.1, -0.05) is 12.2 Å². The van der Waals surface area contributed by atoms with E-state index in [0.29, 0.717) is 23.4 Å². The van der Waals surface area contributed by atoms with Crippen LogP contribution in [0.15, 0.2) is 30.5 Å². The second-order valence-corrected chi connectivity index (χ2v) is 9.54. The molecule has 0 bridgehead atoms. The van der Waals surface area contributed by atoms with Crippen molar-refractivity contribution >= 4 is 11.8 Å². The van der Waals surface area contributed by atoms with Crippen LogP contribution in [0.2, 0.25) is 0 Å². The number of carbonyl (C=O) groups excluding carboxylic acids is 2. The molecule has 29 heavy (non-hydrogen) atoms. The minimum absolute atomic E-state index is 0.0338. The lowest BCUT2D eigenvalue weighted by Gasteiger charge is -2.54. The van der Waals surface area contributed by atoms with Crippen molar-refractivity contribution in [3.05, 3.63) is 36.2 Å². The highest BCUT2D eigenvalue weighted by Gasteiger charge is 2.55. The molecule has 4 heterocycles. The molecular weight excluding hydrogens is 364 g/mol. The van der Waals surface area contributed by atoms with E-state index in [0.717, 1.165) is 64.8 Å². The van der Waals surface area contributed by atoms with Gasteiger partial charge >= 0.3 is 0 Å². The quantitative estimate of drug-likeness (QED) is 0.781. The van der Waals surface area contributed by atoms with Gasteiger partial charge in [-0.25, -0.2) is 0 Å². The van der Waals surface area contributed by atoms with Crippen molar-refractivity contribution < 1.29 is 9.59 Å². The van der Waals surface area contributed by atoms with Crippen LogP contribution in [-0.2, 0) is 4.79 Å². The highest BCUT2D eigenvalue weighted by molar-refractivity contribution is 5.94. The van der Waals surface area contributed by atoms with E-state index in [1.165, 1.54) is 0 Å². The highest BCUT2D eigenvalue weighted by atomic mass is 16.2. The number of hydrogen-bond acceptors (Lipinski definition) is 3. The molecule has 0 aromatic carbocycles. The highest BCUT2D eigenvalue weighted by Crippen LogP contribution is 2.46. The summed E-state index contributed by atoms with van der Waals surface area (Å²) in [5, 5.41) is 0. The molecule has 0 unspecified atom stereocenters. The molecule has 4 aliphatic rings. The van der Waals surface area contributed by atoms with Gasteiger partial charge in [0.15, 0.2) is 0 Å². The molecule has 3 fully saturated rings. The smallest absolute Gasteiger partial charge is 0.270 e. The topological polar surface area (TPSA) is 59.7 Å². The van der Waals surface area contributed by atoms with Gasteiger partial charge in [-0.15, -0.1) is 0 Å². The van der Waals surface area contributed by atoms with E-state index in [1.54, 1.807) is 6.20 Å². The van der Waals surface area contributed by atoms with Gasteiger partial charge in [-0.05, 0) is 69.7 Å². The van der Waals surface area contributed by atoms with Crippen LogP contribution in [0.4, 0.5) is 0 Å². The summed E-state index contributed by atoms with van der Waals surface area (Å²) in [7, 11) is 2.11. The second-order valence-electron chi connectivity index (χ2n) is 9.54. The number of aromatic nitrogens is 1. The molecule has 1 aromatic rings. The van der Waals surface area contributed by atoms with Crippen LogP contribution in [0.3, 0.4) is 0 Å². The zero-order valence-corrected chi connectivity index (χ0v) is 17.3. The van der Waals surface area contributed by atoms with Crippen LogP contribution in [-0.4, -0.2) is 77.3 Å². The summed E-state index contributed by atoms with van der Waals surface area (Å²) in [5.74, 6) is 1.58. The number of fused-ring (bicyclic) bond motifs is 2. The third-order valence-corrected chi connectivity index (χ3v) is 7.88. The van der Waals surface area contributed by atoms with Gasteiger partial charge in [-0.3, -0.25) is 9.59 Å². The van der Waals surface area contributed by atoms with Gasteiger partial charge in [0.2, 0.25) is 5.91 Å². The summed E-state index contributed by atoms with van der Waals surface area (Å²) in [4.78, 5) is 36.8. The molecule has 0 radical (unpaired) electrons. The maximum Gasteiger partial charge on any atom is 0.270 e. The number of aromatic amines is 1. The van der Waals surface area contributed by atoms with Crippen molar-refractivity contribution in [3.8, 4) is 0 Å². The standard InChI is InChI=1S/C23H32N4O2/c1-25-13-10-23(22(29)26-14-17-6-2-3-7-18(17)15-26)9-5-12-27(20(23)16-25)21(28)19-8-4-11-24-19/h2-4,8,11,17-18,20,24H,5-7,9-10,12-16H2,1H3/t17-,18+,20-,23+/m0/s1. The van der Waals surface area contributed by atoms with Crippen molar-refractivity contribution in [1.29, 1.82) is 0 Å². The number of allylic oxidation sites excluding steroid dienone is 2. The maximum atomic E-state index is 14.0. The van der Waals surface area contributed by atoms with E-state index >= 15 is 0 Å². The van der Waals surface area contributed by atoms with Crippen LogP contribution in [0, 0.1) is 17.3 Å². The first kappa shape index (κ1) is 18.9. The number of likely N-dealkylation sites (N-methyl/N-ethyl adjacent to an activating group) is 1. The van der Waals surface area contributed by atoms with Gasteiger partial charge in [0, 0.05) is 32.4 Å². The average molecular weight is 397 g/mol. The van der Waals surface area contributed by atoms with Crippen molar-refractivity contribution in [2.75, 3.05) is 39.8 Å². The van der Waals surface area contributed by atoms with E-state index in [1.807, 2.05) is 17.0 Å². The summed E-state index contributed by atoms with van der Waals surface area (Å²) in [6.07, 6.45) is 11.2. The summed E-state index contributed by atoms with van der Waals surface area (Å²) < 4.78 is 0. The van der Waals surface area contributed by atoms with Crippen molar-refractivity contribution in [3.63, 3.8) is 0 Å². The minimum Gasteiger partial charge on any atom is -0.357 e. The Bertz CT molecular complexity index is 788. The number of hydrogen-bond donors (Lipinski definition) is 1. The number of nitrogens with one attached hydrogen (secondary N) is 1. The Balaban J connectivity index is 1.43. The van der Waals surface area contributed by atoms with E-state index in [9.17, 15) is 9.59 Å². The lowest BCUT2D eigenvalue weighted by Crippen LogP contribution is -2.66. The Morgan fingerprint density at radius 1 is 1.07 bits per heavy atom. The molecule has 6 nitrogen and oxygen atoms in total. The summed E-state index contributed by atoms with van der Waals surface area (Å²) in [6, 6.07) is 3.66. The molecule has 2 amide bonds. The fourth-order valence-electron chi connectivity index (χ4n) is 6.24. The maximum absolute atomic E-state index is 14.0. The Labute approximate surface area is 172 Å². The Morgan fingerprint density at radius 3 is 2.52 bits per heavy atom. The number of piperidine rings is 2. The molecule has 0 saturated carbocycles. The number of likely N-dealkylation sites (tertiary alicyclic amines) is 3. The molecule has 4 atom stereocenters. The Morgan fingerprint density at radius 2 is 1.83 bits per heavy atom. The molecule has 0 spiro atoms. The third-order valence-electron chi connectivity index (χ3n) is 7.88. The zero-order valence-electron chi connectivity index (χ0n) is 17.3. The fraction of sp³-hybridized carbons (Fsp3) is 0.652. The average Bonchev–Trinajstić information content (AvgIpc) is 3.42. The SMILES string of the molecule is CN1CC[C@]2(C(=O)N3C[C@H]4CC=CC[C@H]4C3)CCCN(C(=O)c3ccc[nH]3)[C@H]2C1. The van der Waals surface area contributed by atoms with E-state index < -0.39 is 5.41 Å². The van der Waals surface area contributed by atoms with Crippen molar-refractivity contribution in [2.24, 2.45) is 17.3 Å². The first-order chi connectivity index (χ1) is 14.1. The molecule has 1 N–H and O–H groups in total. The van der Waals surface area contributed by atoms with Crippen LogP contribution >= 0.6 is 0 Å². The minimum atomic E-state index is -0.423. The largest absolute Gasteiger partial charge is 0.357 e. The van der Waals surface area contributed by atoms with Gasteiger partial charge < -0.3 is 19.7 Å². The predicted octanol–water partition coefficient (Wildman–Crippen LogP) is 2.37. The van der Waals surface area contributed by atoms with E-state index in [-0.39, 0.29) is 11.9 Å². The molecule has 6 heteroatoms. The first-order valence-corrected chi connectivity index (χ1v) is 11.2. The fourth-order valence-corrected chi connectivity index (χ4v) is 6.24. The van der Waals surface area contributed by atoms with Crippen LogP contribution in [0.1, 0.15) is 42.6 Å². The summed E-state index contributed by atoms with van der Waals surface area (Å²) in [6.45, 7) is 4.22. The normalized spacial score (nSPS) is 34.7. The summed E-state index contributed by atoms with van der Waals surface area (Å²) in [5.41, 5.74) is 0.202. The van der Waals surface area contributed by atoms with Crippen LogP contribution < -0.4 is 0 Å². The lowest BCUT2D eigenvalue weighted by molar-refractivity contribution is -0.153. The Kier molecular flexibility index (Phi) is 4.77. The molecule has 1 aromatic heterocycles. The molecule has 3 aliphatic heterocycles. The van der Waals surface area contributed by atoms with Gasteiger partial charge in [0.05, 0.1) is 11.5 Å². The lowest BCUT2D eigenvalue weighted by atomic mass is 9.67. The van der Waals surface area contributed by atoms with Gasteiger partial charge in [0.1, 0.15) is 5.69 Å². The molecule has 1 aliphatic carbocycles. The number of carbonyl (C=O) groups is 2. The van der Waals surface area contributed by atoms with Crippen LogP contribution in [0.25, 0.3) is 0 Å². The number of H-pyrrole nitrogens is 1. The molecule has 5 rings (SSSR count). The first-order valence-electron chi connectivity index (χ1n) is 11.2. The number of amides is 2.